The number of benzene rings is 1. The number of carbonyl (C=O) groups excluding carboxylic acids is 1. The molecule has 2 aromatic rings. The maximum absolute atomic E-state index is 11.7. The van der Waals surface area contributed by atoms with Gasteiger partial charge in [0, 0.05) is 19.3 Å². The second-order valence-electron chi connectivity index (χ2n) is 4.68. The Hall–Kier alpha value is -2.01. The Morgan fingerprint density at radius 1 is 1.43 bits per heavy atom. The standard InChI is InChI=1S/C15H18ClN3O2/c1-12-5-2-3-6-14(12)21-11-15(20)17-7-4-8-19-10-13(16)9-18-19/h2-3,5-6,9-10H,4,7-8,11H2,1H3,(H,17,20). The topological polar surface area (TPSA) is 56.1 Å². The van der Waals surface area contributed by atoms with Gasteiger partial charge in [-0.05, 0) is 25.0 Å². The van der Waals surface area contributed by atoms with Gasteiger partial charge in [-0.2, -0.15) is 5.10 Å². The molecule has 0 saturated heterocycles. The molecule has 1 heterocycles. The second-order valence-corrected chi connectivity index (χ2v) is 5.12. The lowest BCUT2D eigenvalue weighted by Gasteiger charge is -2.09. The summed E-state index contributed by atoms with van der Waals surface area (Å²) in [6, 6.07) is 7.62. The Morgan fingerprint density at radius 2 is 2.24 bits per heavy atom. The van der Waals surface area contributed by atoms with Gasteiger partial charge in [0.2, 0.25) is 0 Å². The van der Waals surface area contributed by atoms with Crippen LogP contribution in [0.15, 0.2) is 36.7 Å². The van der Waals surface area contributed by atoms with E-state index in [1.54, 1.807) is 17.1 Å². The fourth-order valence-corrected chi connectivity index (χ4v) is 2.00. The number of nitrogens with zero attached hydrogens (tertiary/aromatic N) is 2. The van der Waals surface area contributed by atoms with Gasteiger partial charge >= 0.3 is 0 Å². The van der Waals surface area contributed by atoms with Crippen LogP contribution in [0.2, 0.25) is 5.02 Å². The number of para-hydroxylation sites is 1. The Bertz CT molecular complexity index is 598. The van der Waals surface area contributed by atoms with E-state index in [1.165, 1.54) is 0 Å². The molecule has 112 valence electrons. The van der Waals surface area contributed by atoms with Gasteiger partial charge in [0.25, 0.3) is 5.91 Å². The van der Waals surface area contributed by atoms with Gasteiger partial charge in [0.15, 0.2) is 6.61 Å². The number of nitrogens with one attached hydrogen (secondary N) is 1. The van der Waals surface area contributed by atoms with Crippen LogP contribution < -0.4 is 10.1 Å². The molecular formula is C15H18ClN3O2. The van der Waals surface area contributed by atoms with E-state index in [9.17, 15) is 4.79 Å². The third kappa shape index (κ3) is 5.11. The van der Waals surface area contributed by atoms with Crippen molar-refractivity contribution in [3.8, 4) is 5.75 Å². The van der Waals surface area contributed by atoms with Gasteiger partial charge < -0.3 is 10.1 Å². The Kier molecular flexibility index (Phi) is 5.63. The quantitative estimate of drug-likeness (QED) is 0.799. The molecule has 0 unspecified atom stereocenters. The maximum Gasteiger partial charge on any atom is 0.257 e. The zero-order valence-corrected chi connectivity index (χ0v) is 12.6. The molecule has 1 N–H and O–H groups in total. The van der Waals surface area contributed by atoms with E-state index < -0.39 is 0 Å². The minimum Gasteiger partial charge on any atom is -0.484 e. The van der Waals surface area contributed by atoms with Crippen molar-refractivity contribution in [2.75, 3.05) is 13.2 Å². The van der Waals surface area contributed by atoms with Crippen LogP contribution in [0.4, 0.5) is 0 Å². The van der Waals surface area contributed by atoms with Crippen molar-refractivity contribution in [2.24, 2.45) is 0 Å². The highest BCUT2D eigenvalue weighted by atomic mass is 35.5. The number of carbonyl (C=O) groups is 1. The Balaban J connectivity index is 1.63. The molecule has 0 atom stereocenters. The molecule has 0 aliphatic heterocycles. The van der Waals surface area contributed by atoms with E-state index in [1.807, 2.05) is 31.2 Å². The zero-order valence-electron chi connectivity index (χ0n) is 11.9. The van der Waals surface area contributed by atoms with E-state index >= 15 is 0 Å². The fourth-order valence-electron chi connectivity index (χ4n) is 1.84. The summed E-state index contributed by atoms with van der Waals surface area (Å²) >= 11 is 5.77. The van der Waals surface area contributed by atoms with Crippen LogP contribution in [0.3, 0.4) is 0 Å². The van der Waals surface area contributed by atoms with E-state index in [-0.39, 0.29) is 12.5 Å². The summed E-state index contributed by atoms with van der Waals surface area (Å²) in [6.45, 7) is 3.26. The summed E-state index contributed by atoms with van der Waals surface area (Å²) in [6.07, 6.45) is 4.13. The molecule has 2 rings (SSSR count). The number of halogens is 1. The largest absolute Gasteiger partial charge is 0.484 e. The smallest absolute Gasteiger partial charge is 0.257 e. The van der Waals surface area contributed by atoms with Crippen LogP contribution in [0.25, 0.3) is 0 Å². The van der Waals surface area contributed by atoms with Crippen LogP contribution in [0.5, 0.6) is 5.75 Å². The van der Waals surface area contributed by atoms with Gasteiger partial charge in [0.1, 0.15) is 5.75 Å². The number of ether oxygens (including phenoxy) is 1. The van der Waals surface area contributed by atoms with E-state index in [4.69, 9.17) is 16.3 Å². The van der Waals surface area contributed by atoms with Crippen molar-refractivity contribution in [1.29, 1.82) is 0 Å². The minimum absolute atomic E-state index is 0.0262. The number of aromatic nitrogens is 2. The summed E-state index contributed by atoms with van der Waals surface area (Å²) in [4.78, 5) is 11.7. The first-order valence-corrected chi connectivity index (χ1v) is 7.16. The third-order valence-corrected chi connectivity index (χ3v) is 3.14. The minimum atomic E-state index is -0.128. The van der Waals surface area contributed by atoms with Crippen LogP contribution >= 0.6 is 11.6 Å². The number of aryl methyl sites for hydroxylation is 2. The molecule has 0 aliphatic carbocycles. The van der Waals surface area contributed by atoms with Crippen LogP contribution in [0.1, 0.15) is 12.0 Å². The van der Waals surface area contributed by atoms with Crippen molar-refractivity contribution < 1.29 is 9.53 Å². The SMILES string of the molecule is Cc1ccccc1OCC(=O)NCCCn1cc(Cl)cn1. The lowest BCUT2D eigenvalue weighted by molar-refractivity contribution is -0.123. The van der Waals surface area contributed by atoms with E-state index in [0.717, 1.165) is 17.7 Å². The molecule has 0 aliphatic rings. The highest BCUT2D eigenvalue weighted by molar-refractivity contribution is 6.30. The molecule has 0 spiro atoms. The average Bonchev–Trinajstić information content (AvgIpc) is 2.88. The summed E-state index contributed by atoms with van der Waals surface area (Å²) in [7, 11) is 0. The molecule has 0 fully saturated rings. The molecule has 6 heteroatoms. The van der Waals surface area contributed by atoms with Gasteiger partial charge in [-0.15, -0.1) is 0 Å². The van der Waals surface area contributed by atoms with Crippen molar-refractivity contribution >= 4 is 17.5 Å². The fraction of sp³-hybridized carbons (Fsp3) is 0.333. The second kappa shape index (κ2) is 7.69. The molecule has 0 bridgehead atoms. The van der Waals surface area contributed by atoms with Crippen molar-refractivity contribution in [3.63, 3.8) is 0 Å². The molecule has 0 saturated carbocycles. The van der Waals surface area contributed by atoms with Gasteiger partial charge in [-0.25, -0.2) is 0 Å². The first-order valence-electron chi connectivity index (χ1n) is 6.78. The predicted molar refractivity (Wildman–Crippen MR) is 81.5 cm³/mol. The highest BCUT2D eigenvalue weighted by Crippen LogP contribution is 2.15. The lowest BCUT2D eigenvalue weighted by atomic mass is 10.2. The molecule has 5 nitrogen and oxygen atoms in total. The normalized spacial score (nSPS) is 10.4. The van der Waals surface area contributed by atoms with E-state index in [0.29, 0.717) is 18.1 Å². The molecule has 21 heavy (non-hydrogen) atoms. The molecular weight excluding hydrogens is 290 g/mol. The monoisotopic (exact) mass is 307 g/mol. The number of amides is 1. The summed E-state index contributed by atoms with van der Waals surface area (Å²) < 4.78 is 7.22. The molecule has 1 aromatic carbocycles. The lowest BCUT2D eigenvalue weighted by Crippen LogP contribution is -2.30. The highest BCUT2D eigenvalue weighted by Gasteiger charge is 2.04. The third-order valence-electron chi connectivity index (χ3n) is 2.94. The Morgan fingerprint density at radius 3 is 2.95 bits per heavy atom. The van der Waals surface area contributed by atoms with Crippen molar-refractivity contribution in [1.82, 2.24) is 15.1 Å². The van der Waals surface area contributed by atoms with Gasteiger partial charge in [-0.1, -0.05) is 29.8 Å². The van der Waals surface area contributed by atoms with Crippen LogP contribution in [0, 0.1) is 6.92 Å². The molecule has 1 amide bonds. The first-order chi connectivity index (χ1) is 10.1. The molecule has 0 radical (unpaired) electrons. The first kappa shape index (κ1) is 15.4. The summed E-state index contributed by atoms with van der Waals surface area (Å²) in [5.41, 5.74) is 1.01. The predicted octanol–water partition coefficient (Wildman–Crippen LogP) is 2.43. The van der Waals surface area contributed by atoms with Gasteiger partial charge in [0.05, 0.1) is 11.2 Å². The average molecular weight is 308 g/mol. The number of rotatable bonds is 7. The van der Waals surface area contributed by atoms with Crippen molar-refractivity contribution in [2.45, 2.75) is 19.9 Å². The van der Waals surface area contributed by atoms with Crippen LogP contribution in [-0.2, 0) is 11.3 Å². The number of hydrogen-bond donors (Lipinski definition) is 1. The summed E-state index contributed by atoms with van der Waals surface area (Å²) in [5.74, 6) is 0.607. The maximum atomic E-state index is 11.7. The summed E-state index contributed by atoms with van der Waals surface area (Å²) in [5, 5.41) is 7.49. The van der Waals surface area contributed by atoms with Crippen LogP contribution in [-0.4, -0.2) is 28.8 Å². The number of hydrogen-bond acceptors (Lipinski definition) is 3. The Labute approximate surface area is 128 Å². The molecule has 1 aromatic heterocycles. The van der Waals surface area contributed by atoms with E-state index in [2.05, 4.69) is 10.4 Å². The zero-order chi connectivity index (χ0) is 15.1. The van der Waals surface area contributed by atoms with Gasteiger partial charge in [-0.3, -0.25) is 9.48 Å². The van der Waals surface area contributed by atoms with Crippen molar-refractivity contribution in [3.05, 3.63) is 47.2 Å².